The van der Waals surface area contributed by atoms with Crippen molar-refractivity contribution in [1.29, 1.82) is 0 Å². The maximum Gasteiger partial charge on any atom is 0.304 e. The highest BCUT2D eigenvalue weighted by molar-refractivity contribution is 9.10. The summed E-state index contributed by atoms with van der Waals surface area (Å²) < 4.78 is 12.2. The van der Waals surface area contributed by atoms with Crippen molar-refractivity contribution in [3.63, 3.8) is 0 Å². The van der Waals surface area contributed by atoms with Crippen LogP contribution in [0.15, 0.2) is 16.6 Å². The highest BCUT2D eigenvalue weighted by Gasteiger charge is 2.47. The van der Waals surface area contributed by atoms with Crippen LogP contribution in [0.3, 0.4) is 0 Å². The van der Waals surface area contributed by atoms with Gasteiger partial charge >= 0.3 is 5.97 Å². The quantitative estimate of drug-likeness (QED) is 0.809. The molecule has 2 fully saturated rings. The second kappa shape index (κ2) is 5.52. The van der Waals surface area contributed by atoms with Gasteiger partial charge in [-0.2, -0.15) is 0 Å². The van der Waals surface area contributed by atoms with E-state index >= 15 is 0 Å². The fourth-order valence-corrected chi connectivity index (χ4v) is 3.43. The second-order valence-corrected chi connectivity index (χ2v) is 6.94. The van der Waals surface area contributed by atoms with Crippen LogP contribution < -0.4 is 9.47 Å². The van der Waals surface area contributed by atoms with Crippen LogP contribution in [-0.2, 0) is 10.2 Å². The van der Waals surface area contributed by atoms with Gasteiger partial charge in [0.2, 0.25) is 0 Å². The van der Waals surface area contributed by atoms with Gasteiger partial charge in [-0.05, 0) is 49.3 Å². The van der Waals surface area contributed by atoms with Crippen LogP contribution >= 0.6 is 15.9 Å². The third-order valence-corrected chi connectivity index (χ3v) is 5.00. The van der Waals surface area contributed by atoms with Gasteiger partial charge in [0.05, 0.1) is 20.1 Å². The number of aliphatic carboxylic acids is 1. The van der Waals surface area contributed by atoms with E-state index in [1.165, 1.54) is 12.8 Å². The minimum atomic E-state index is -0.757. The van der Waals surface area contributed by atoms with Gasteiger partial charge in [0.25, 0.3) is 0 Å². The molecule has 5 heteroatoms. The van der Waals surface area contributed by atoms with E-state index in [2.05, 4.69) is 15.9 Å². The Balaban J connectivity index is 1.86. The number of ether oxygens (including phenoxy) is 2. The van der Waals surface area contributed by atoms with Crippen LogP contribution in [0.2, 0.25) is 0 Å². The van der Waals surface area contributed by atoms with E-state index in [0.29, 0.717) is 11.7 Å². The first-order chi connectivity index (χ1) is 10.0. The maximum atomic E-state index is 11.1. The molecule has 1 aromatic rings. The lowest BCUT2D eigenvalue weighted by Gasteiger charge is -2.19. The van der Waals surface area contributed by atoms with Gasteiger partial charge in [0, 0.05) is 9.89 Å². The number of methoxy groups -OCH3 is 1. The van der Waals surface area contributed by atoms with E-state index in [1.807, 2.05) is 12.1 Å². The average molecular weight is 355 g/mol. The van der Waals surface area contributed by atoms with Crippen molar-refractivity contribution in [2.45, 2.75) is 37.5 Å². The van der Waals surface area contributed by atoms with E-state index < -0.39 is 5.97 Å². The number of hydrogen-bond donors (Lipinski definition) is 1. The van der Waals surface area contributed by atoms with Crippen molar-refractivity contribution in [1.82, 2.24) is 0 Å². The predicted octanol–water partition coefficient (Wildman–Crippen LogP) is 3.75. The zero-order valence-corrected chi connectivity index (χ0v) is 13.6. The van der Waals surface area contributed by atoms with Crippen molar-refractivity contribution >= 4 is 21.9 Å². The third-order valence-electron chi connectivity index (χ3n) is 4.34. The summed E-state index contributed by atoms with van der Waals surface area (Å²) in [6, 6.07) is 3.85. The van der Waals surface area contributed by atoms with Gasteiger partial charge in [0.15, 0.2) is 11.5 Å². The van der Waals surface area contributed by atoms with Gasteiger partial charge in [-0.3, -0.25) is 4.79 Å². The van der Waals surface area contributed by atoms with Crippen LogP contribution in [0.25, 0.3) is 0 Å². The molecule has 0 radical (unpaired) electrons. The fraction of sp³-hybridized carbons (Fsp3) is 0.562. The number of benzene rings is 1. The van der Waals surface area contributed by atoms with Crippen LogP contribution in [0.1, 0.15) is 37.7 Å². The molecule has 0 saturated heterocycles. The molecule has 0 aromatic heterocycles. The van der Waals surface area contributed by atoms with Crippen LogP contribution in [0.4, 0.5) is 0 Å². The first-order valence-electron chi connectivity index (χ1n) is 7.27. The van der Waals surface area contributed by atoms with E-state index in [-0.39, 0.29) is 11.8 Å². The Bertz CT molecular complexity index is 562. The Morgan fingerprint density at radius 2 is 2.10 bits per heavy atom. The zero-order chi connectivity index (χ0) is 15.0. The highest BCUT2D eigenvalue weighted by atomic mass is 79.9. The van der Waals surface area contributed by atoms with Crippen LogP contribution in [0, 0.1) is 5.92 Å². The van der Waals surface area contributed by atoms with Crippen molar-refractivity contribution in [3.8, 4) is 11.5 Å². The van der Waals surface area contributed by atoms with E-state index in [1.54, 1.807) is 7.11 Å². The summed E-state index contributed by atoms with van der Waals surface area (Å²) in [6.07, 6.45) is 4.45. The molecule has 0 heterocycles. The van der Waals surface area contributed by atoms with Crippen molar-refractivity contribution < 1.29 is 19.4 Å². The summed E-state index contributed by atoms with van der Waals surface area (Å²) in [5.41, 5.74) is 0.771. The summed E-state index contributed by atoms with van der Waals surface area (Å²) in [4.78, 5) is 11.1. The smallest absolute Gasteiger partial charge is 0.304 e. The normalized spacial score (nSPS) is 19.1. The molecule has 0 aliphatic heterocycles. The van der Waals surface area contributed by atoms with Gasteiger partial charge < -0.3 is 14.6 Å². The fourth-order valence-electron chi connectivity index (χ4n) is 2.69. The number of rotatable bonds is 7. The Morgan fingerprint density at radius 3 is 2.62 bits per heavy atom. The third kappa shape index (κ3) is 3.18. The number of halogens is 1. The highest BCUT2D eigenvalue weighted by Crippen LogP contribution is 2.55. The standard InChI is InChI=1S/C16H19BrO4/c1-20-13-6-11(16(4-5-16)8-15(18)19)12(17)7-14(13)21-9-10-2-3-10/h6-7,10H,2-5,8-9H2,1H3,(H,18,19). The molecule has 0 unspecified atom stereocenters. The summed E-state index contributed by atoms with van der Waals surface area (Å²) in [6.45, 7) is 0.725. The zero-order valence-electron chi connectivity index (χ0n) is 12.0. The molecule has 0 spiro atoms. The van der Waals surface area contributed by atoms with Gasteiger partial charge in [-0.1, -0.05) is 15.9 Å². The van der Waals surface area contributed by atoms with Crippen molar-refractivity contribution in [2.75, 3.05) is 13.7 Å². The van der Waals surface area contributed by atoms with Gasteiger partial charge in [-0.25, -0.2) is 0 Å². The molecule has 0 bridgehead atoms. The average Bonchev–Trinajstić information content (AvgIpc) is 3.31. The van der Waals surface area contributed by atoms with Crippen LogP contribution in [0.5, 0.6) is 11.5 Å². The molecule has 3 rings (SSSR count). The summed E-state index contributed by atoms with van der Waals surface area (Å²) >= 11 is 3.57. The van der Waals surface area contributed by atoms with E-state index in [9.17, 15) is 4.79 Å². The summed E-state index contributed by atoms with van der Waals surface area (Å²) in [5, 5.41) is 9.10. The molecule has 2 aliphatic carbocycles. The van der Waals surface area contributed by atoms with E-state index in [0.717, 1.165) is 35.2 Å². The molecule has 1 N–H and O–H groups in total. The minimum absolute atomic E-state index is 0.164. The minimum Gasteiger partial charge on any atom is -0.493 e. The first-order valence-corrected chi connectivity index (χ1v) is 8.06. The number of hydrogen-bond acceptors (Lipinski definition) is 3. The largest absolute Gasteiger partial charge is 0.493 e. The molecular formula is C16H19BrO4. The van der Waals surface area contributed by atoms with Gasteiger partial charge in [0.1, 0.15) is 0 Å². The van der Waals surface area contributed by atoms with Gasteiger partial charge in [-0.15, -0.1) is 0 Å². The number of carbonyl (C=O) groups is 1. The Morgan fingerprint density at radius 1 is 1.38 bits per heavy atom. The first kappa shape index (κ1) is 14.7. The lowest BCUT2D eigenvalue weighted by molar-refractivity contribution is -0.137. The summed E-state index contributed by atoms with van der Waals surface area (Å²) in [5.74, 6) is 1.33. The molecule has 0 atom stereocenters. The molecule has 21 heavy (non-hydrogen) atoms. The second-order valence-electron chi connectivity index (χ2n) is 6.09. The van der Waals surface area contributed by atoms with Crippen molar-refractivity contribution in [3.05, 3.63) is 22.2 Å². The molecule has 2 saturated carbocycles. The summed E-state index contributed by atoms with van der Waals surface area (Å²) in [7, 11) is 1.62. The maximum absolute atomic E-state index is 11.1. The number of carboxylic acids is 1. The SMILES string of the molecule is COc1cc(C2(CC(=O)O)CC2)c(Br)cc1OCC1CC1. The molecule has 2 aliphatic rings. The van der Waals surface area contributed by atoms with Crippen LogP contribution in [-0.4, -0.2) is 24.8 Å². The molecule has 1 aromatic carbocycles. The molecule has 0 amide bonds. The lowest BCUT2D eigenvalue weighted by atomic mass is 9.92. The topological polar surface area (TPSA) is 55.8 Å². The Kier molecular flexibility index (Phi) is 3.86. The monoisotopic (exact) mass is 354 g/mol. The number of carboxylic acid groups (broad SMARTS) is 1. The molecular weight excluding hydrogens is 336 g/mol. The lowest BCUT2D eigenvalue weighted by Crippen LogP contribution is -2.14. The molecule has 4 nitrogen and oxygen atoms in total. The predicted molar refractivity (Wildman–Crippen MR) is 82.1 cm³/mol. The van der Waals surface area contributed by atoms with Crippen molar-refractivity contribution in [2.24, 2.45) is 5.92 Å². The van der Waals surface area contributed by atoms with E-state index in [4.69, 9.17) is 14.6 Å². The Labute approximate surface area is 132 Å². The molecule has 114 valence electrons. The Hall–Kier alpha value is -1.23.